The molecule has 0 aromatic heterocycles. The van der Waals surface area contributed by atoms with Crippen LogP contribution in [0.25, 0.3) is 0 Å². The third kappa shape index (κ3) is 3.60. The van der Waals surface area contributed by atoms with Gasteiger partial charge in [-0.2, -0.15) is 0 Å². The molecule has 0 fully saturated rings. The maximum absolute atomic E-state index is 11.4. The van der Waals surface area contributed by atoms with E-state index >= 15 is 0 Å². The molecule has 2 heteroatoms. The van der Waals surface area contributed by atoms with Crippen molar-refractivity contribution >= 4 is 0 Å². The lowest BCUT2D eigenvalue weighted by atomic mass is 10.4. The second-order valence-corrected chi connectivity index (χ2v) is 0.996. The van der Waals surface area contributed by atoms with Crippen molar-refractivity contribution in [1.82, 2.24) is 0 Å². The van der Waals surface area contributed by atoms with Crippen LogP contribution in [0.2, 0.25) is 0 Å². The zero-order valence-electron chi connectivity index (χ0n) is 3.49. The highest BCUT2D eigenvalue weighted by Gasteiger charge is 1.83. The predicted molar refractivity (Wildman–Crippen MR) is 20.8 cm³/mol. The molecule has 0 N–H and O–H groups in total. The van der Waals surface area contributed by atoms with Crippen molar-refractivity contribution in [3.8, 4) is 0 Å². The molecule has 0 heterocycles. The molecule has 0 bridgehead atoms. The topological polar surface area (TPSA) is 0 Å². The zero-order chi connectivity index (χ0) is 4.99. The smallest absolute Gasteiger partial charge is 0.118 e. The molecule has 6 heavy (non-hydrogen) atoms. The minimum Gasteiger partial charge on any atom is -0.243 e. The Bertz CT molecular complexity index is 47.5. The van der Waals surface area contributed by atoms with Crippen LogP contribution in [0.1, 0.15) is 6.92 Å². The number of rotatable bonds is 1. The highest BCUT2D eigenvalue weighted by Crippen LogP contribution is 1.88. The summed E-state index contributed by atoms with van der Waals surface area (Å²) in [6.45, 7) is 1.26. The van der Waals surface area contributed by atoms with Crippen LogP contribution in [-0.2, 0) is 0 Å². The molecule has 0 saturated heterocycles. The Balaban J connectivity index is 3.03. The SMILES string of the molecule is CC(F)C=CF. The van der Waals surface area contributed by atoms with Gasteiger partial charge in [0.05, 0.1) is 6.33 Å². The van der Waals surface area contributed by atoms with Crippen molar-refractivity contribution in [1.29, 1.82) is 0 Å². The second kappa shape index (κ2) is 2.82. The van der Waals surface area contributed by atoms with Gasteiger partial charge in [0.1, 0.15) is 6.17 Å². The summed E-state index contributed by atoms with van der Waals surface area (Å²) in [6, 6.07) is 0. The van der Waals surface area contributed by atoms with E-state index in [1.54, 1.807) is 0 Å². The van der Waals surface area contributed by atoms with Gasteiger partial charge in [-0.25, -0.2) is 8.78 Å². The first-order chi connectivity index (χ1) is 2.77. The molecule has 0 aliphatic rings. The molecule has 0 amide bonds. The van der Waals surface area contributed by atoms with Crippen LogP contribution in [0.5, 0.6) is 0 Å². The molecular formula is C4H6F2. The van der Waals surface area contributed by atoms with E-state index in [0.29, 0.717) is 0 Å². The van der Waals surface area contributed by atoms with Gasteiger partial charge in [-0.05, 0) is 13.0 Å². The van der Waals surface area contributed by atoms with Crippen molar-refractivity contribution in [2.75, 3.05) is 0 Å². The van der Waals surface area contributed by atoms with Gasteiger partial charge in [-0.3, -0.25) is 0 Å². The summed E-state index contributed by atoms with van der Waals surface area (Å²) in [5, 5.41) is 0. The molecule has 1 unspecified atom stereocenters. The molecule has 0 nitrogen and oxygen atoms in total. The molecule has 0 spiro atoms. The van der Waals surface area contributed by atoms with Crippen LogP contribution >= 0.6 is 0 Å². The average Bonchev–Trinajstić information content (AvgIpc) is 1.35. The third-order valence-corrected chi connectivity index (χ3v) is 0.338. The van der Waals surface area contributed by atoms with E-state index in [2.05, 4.69) is 0 Å². The maximum atomic E-state index is 11.4. The normalized spacial score (nSPS) is 15.8. The number of alkyl halides is 1. The molecule has 0 saturated carbocycles. The lowest BCUT2D eigenvalue weighted by Crippen LogP contribution is -1.79. The first kappa shape index (κ1) is 5.60. The summed E-state index contributed by atoms with van der Waals surface area (Å²) in [6.07, 6.45) is -0.125. The van der Waals surface area contributed by atoms with Crippen LogP contribution < -0.4 is 0 Å². The lowest BCUT2D eigenvalue weighted by molar-refractivity contribution is 0.426. The molecule has 0 radical (unpaired) electrons. The van der Waals surface area contributed by atoms with Crippen molar-refractivity contribution in [2.24, 2.45) is 0 Å². The monoisotopic (exact) mass is 92.0 g/mol. The van der Waals surface area contributed by atoms with E-state index in [0.717, 1.165) is 6.08 Å². The molecule has 0 aliphatic carbocycles. The number of allylic oxidation sites excluding steroid dienone is 1. The fraction of sp³-hybridized carbons (Fsp3) is 0.500. The molecule has 1 atom stereocenters. The van der Waals surface area contributed by atoms with E-state index in [1.165, 1.54) is 6.92 Å². The maximum Gasteiger partial charge on any atom is 0.118 e. The number of halogens is 2. The zero-order valence-corrected chi connectivity index (χ0v) is 3.49. The van der Waals surface area contributed by atoms with Crippen LogP contribution in [0.3, 0.4) is 0 Å². The second-order valence-electron chi connectivity index (χ2n) is 0.996. The molecule has 36 valence electrons. The van der Waals surface area contributed by atoms with Crippen LogP contribution in [0.15, 0.2) is 12.4 Å². The Morgan fingerprint density at radius 2 is 2.17 bits per heavy atom. The fourth-order valence-electron chi connectivity index (χ4n) is 0.100. The summed E-state index contributed by atoms with van der Waals surface area (Å²) >= 11 is 0. The summed E-state index contributed by atoms with van der Waals surface area (Å²) in [5.41, 5.74) is 0. The van der Waals surface area contributed by atoms with Crippen molar-refractivity contribution < 1.29 is 8.78 Å². The van der Waals surface area contributed by atoms with Crippen LogP contribution in [0.4, 0.5) is 8.78 Å². The van der Waals surface area contributed by atoms with Crippen LogP contribution in [-0.4, -0.2) is 6.17 Å². The lowest BCUT2D eigenvalue weighted by Gasteiger charge is -1.80. The van der Waals surface area contributed by atoms with E-state index in [4.69, 9.17) is 0 Å². The standard InChI is InChI=1S/C4H6F2/c1-4(6)2-3-5/h2-4H,1H3. The predicted octanol–water partition coefficient (Wildman–Crippen LogP) is 1.83. The molecular weight excluding hydrogens is 86.0 g/mol. The number of hydrogen-bond donors (Lipinski definition) is 0. The molecule has 0 aromatic rings. The molecule has 0 aliphatic heterocycles. The molecule has 0 rings (SSSR count). The van der Waals surface area contributed by atoms with Gasteiger partial charge >= 0.3 is 0 Å². The molecule has 0 aromatic carbocycles. The summed E-state index contributed by atoms with van der Waals surface area (Å²) in [7, 11) is 0. The van der Waals surface area contributed by atoms with Crippen molar-refractivity contribution in [3.63, 3.8) is 0 Å². The van der Waals surface area contributed by atoms with Gasteiger partial charge in [-0.15, -0.1) is 0 Å². The minimum atomic E-state index is -1.16. The van der Waals surface area contributed by atoms with Gasteiger partial charge in [0.25, 0.3) is 0 Å². The highest BCUT2D eigenvalue weighted by atomic mass is 19.1. The Hall–Kier alpha value is -0.400. The quantitative estimate of drug-likeness (QED) is 0.463. The Morgan fingerprint density at radius 3 is 2.17 bits per heavy atom. The summed E-state index contributed by atoms with van der Waals surface area (Å²) < 4.78 is 22.2. The summed E-state index contributed by atoms with van der Waals surface area (Å²) in [5.74, 6) is 0. The van der Waals surface area contributed by atoms with E-state index in [9.17, 15) is 8.78 Å². The Kier molecular flexibility index (Phi) is 2.63. The largest absolute Gasteiger partial charge is 0.243 e. The van der Waals surface area contributed by atoms with Gasteiger partial charge in [0, 0.05) is 0 Å². The third-order valence-electron chi connectivity index (χ3n) is 0.338. The van der Waals surface area contributed by atoms with E-state index in [-0.39, 0.29) is 6.33 Å². The van der Waals surface area contributed by atoms with Gasteiger partial charge in [-0.1, -0.05) is 0 Å². The first-order valence-corrected chi connectivity index (χ1v) is 1.68. The summed E-state index contributed by atoms with van der Waals surface area (Å²) in [4.78, 5) is 0. The minimum absolute atomic E-state index is 0.199. The van der Waals surface area contributed by atoms with E-state index < -0.39 is 6.17 Å². The van der Waals surface area contributed by atoms with E-state index in [1.807, 2.05) is 0 Å². The van der Waals surface area contributed by atoms with Crippen molar-refractivity contribution in [2.45, 2.75) is 13.1 Å². The fourth-order valence-corrected chi connectivity index (χ4v) is 0.100. The first-order valence-electron chi connectivity index (χ1n) is 1.68. The van der Waals surface area contributed by atoms with Crippen molar-refractivity contribution in [3.05, 3.63) is 12.4 Å². The Morgan fingerprint density at radius 1 is 1.67 bits per heavy atom. The van der Waals surface area contributed by atoms with Crippen LogP contribution in [0, 0.1) is 0 Å². The van der Waals surface area contributed by atoms with Gasteiger partial charge in [0.15, 0.2) is 0 Å². The number of hydrogen-bond acceptors (Lipinski definition) is 0. The highest BCUT2D eigenvalue weighted by molar-refractivity contribution is 4.77. The Labute approximate surface area is 35.5 Å². The van der Waals surface area contributed by atoms with Gasteiger partial charge < -0.3 is 0 Å². The van der Waals surface area contributed by atoms with Gasteiger partial charge in [0.2, 0.25) is 0 Å². The average molecular weight is 92.1 g/mol.